The summed E-state index contributed by atoms with van der Waals surface area (Å²) in [6.07, 6.45) is 10.1. The molecule has 0 bridgehead atoms. The molecule has 0 amide bonds. The molecule has 1 aromatic rings. The molecule has 0 N–H and O–H groups in total. The van der Waals surface area contributed by atoms with Gasteiger partial charge in [0.05, 0.1) is 6.61 Å². The zero-order valence-electron chi connectivity index (χ0n) is 18.6. The highest BCUT2D eigenvalue weighted by Gasteiger charge is 2.35. The Hall–Kier alpha value is -2.09. The molecular formula is C26H36O2. The van der Waals surface area contributed by atoms with Gasteiger partial charge in [-0.15, -0.1) is 0 Å². The van der Waals surface area contributed by atoms with Crippen LogP contribution in [0.1, 0.15) is 77.2 Å². The molecule has 0 heterocycles. The fourth-order valence-corrected chi connectivity index (χ4v) is 4.25. The van der Waals surface area contributed by atoms with Crippen LogP contribution in [-0.4, -0.2) is 12.9 Å². The normalized spacial score (nSPS) is 19.3. The van der Waals surface area contributed by atoms with E-state index in [9.17, 15) is 4.79 Å². The lowest BCUT2D eigenvalue weighted by molar-refractivity contribution is 0.112. The third-order valence-electron chi connectivity index (χ3n) is 6.43. The Morgan fingerprint density at radius 3 is 2.50 bits per heavy atom. The largest absolute Gasteiger partial charge is 0.493 e. The van der Waals surface area contributed by atoms with Crippen LogP contribution in [0.3, 0.4) is 0 Å². The number of aldehydes is 1. The second-order valence-corrected chi connectivity index (χ2v) is 8.48. The van der Waals surface area contributed by atoms with Crippen molar-refractivity contribution >= 4 is 11.9 Å². The van der Waals surface area contributed by atoms with Gasteiger partial charge in [-0.05, 0) is 55.2 Å². The first-order valence-corrected chi connectivity index (χ1v) is 10.6. The van der Waals surface area contributed by atoms with Gasteiger partial charge >= 0.3 is 0 Å². The molecule has 0 radical (unpaired) electrons. The van der Waals surface area contributed by atoms with Crippen LogP contribution in [0.15, 0.2) is 47.6 Å². The van der Waals surface area contributed by atoms with Crippen LogP contribution >= 0.6 is 0 Å². The molecule has 0 saturated heterocycles. The van der Waals surface area contributed by atoms with Crippen molar-refractivity contribution in [1.82, 2.24) is 0 Å². The number of carbonyl (C=O) groups is 1. The minimum absolute atomic E-state index is 0.180. The molecule has 0 aromatic heterocycles. The summed E-state index contributed by atoms with van der Waals surface area (Å²) >= 11 is 0. The summed E-state index contributed by atoms with van der Waals surface area (Å²) < 4.78 is 5.86. The van der Waals surface area contributed by atoms with E-state index in [0.717, 1.165) is 23.2 Å². The summed E-state index contributed by atoms with van der Waals surface area (Å²) in [5.74, 6) is 1.75. The van der Waals surface area contributed by atoms with Crippen LogP contribution in [0, 0.1) is 17.3 Å². The number of hydrogen-bond acceptors (Lipinski definition) is 2. The number of allylic oxidation sites excluding steroid dienone is 6. The van der Waals surface area contributed by atoms with Crippen molar-refractivity contribution in [3.8, 4) is 5.75 Å². The molecule has 2 rings (SSSR count). The summed E-state index contributed by atoms with van der Waals surface area (Å²) in [5, 5.41) is 0. The Labute approximate surface area is 171 Å². The zero-order chi connectivity index (χ0) is 20.9. The van der Waals surface area contributed by atoms with E-state index in [0.29, 0.717) is 24.0 Å². The maximum atomic E-state index is 11.2. The van der Waals surface area contributed by atoms with Gasteiger partial charge < -0.3 is 4.74 Å². The molecule has 0 spiro atoms. The molecule has 0 saturated carbocycles. The number of carbonyl (C=O) groups excluding carboxylic acids is 1. The first-order valence-electron chi connectivity index (χ1n) is 10.6. The Morgan fingerprint density at radius 1 is 1.21 bits per heavy atom. The summed E-state index contributed by atoms with van der Waals surface area (Å²) in [6.45, 7) is 16.5. The first kappa shape index (κ1) is 22.2. The quantitative estimate of drug-likeness (QED) is 0.443. The Kier molecular flexibility index (Phi) is 7.46. The predicted molar refractivity (Wildman–Crippen MR) is 120 cm³/mol. The molecule has 1 aliphatic carbocycles. The van der Waals surface area contributed by atoms with Gasteiger partial charge in [-0.25, -0.2) is 0 Å². The summed E-state index contributed by atoms with van der Waals surface area (Å²) in [4.78, 5) is 11.2. The Balaban J connectivity index is 2.60. The highest BCUT2D eigenvalue weighted by Crippen LogP contribution is 2.46. The van der Waals surface area contributed by atoms with Gasteiger partial charge in [-0.1, -0.05) is 76.5 Å². The van der Waals surface area contributed by atoms with Crippen molar-refractivity contribution in [2.45, 2.75) is 61.3 Å². The first-order chi connectivity index (χ1) is 13.3. The fraction of sp³-hybridized carbons (Fsp3) is 0.500. The maximum Gasteiger partial charge on any atom is 0.150 e. The van der Waals surface area contributed by atoms with Crippen molar-refractivity contribution < 1.29 is 9.53 Å². The lowest BCUT2D eigenvalue weighted by Gasteiger charge is -2.39. The van der Waals surface area contributed by atoms with Crippen molar-refractivity contribution in [3.05, 3.63) is 58.7 Å². The number of rotatable bonds is 8. The molecule has 2 heteroatoms. The van der Waals surface area contributed by atoms with Gasteiger partial charge in [-0.2, -0.15) is 0 Å². The van der Waals surface area contributed by atoms with Crippen LogP contribution in [-0.2, 0) is 0 Å². The topological polar surface area (TPSA) is 26.3 Å². The molecule has 2 unspecified atom stereocenters. The highest BCUT2D eigenvalue weighted by molar-refractivity contribution is 5.83. The van der Waals surface area contributed by atoms with E-state index in [4.69, 9.17) is 4.74 Å². The van der Waals surface area contributed by atoms with Crippen LogP contribution < -0.4 is 4.74 Å². The highest BCUT2D eigenvalue weighted by atomic mass is 16.5. The van der Waals surface area contributed by atoms with E-state index >= 15 is 0 Å². The van der Waals surface area contributed by atoms with E-state index in [2.05, 4.69) is 59.8 Å². The summed E-state index contributed by atoms with van der Waals surface area (Å²) in [5.41, 5.74) is 5.87. The molecular weight excluding hydrogens is 344 g/mol. The monoisotopic (exact) mass is 380 g/mol. The molecule has 2 nitrogen and oxygen atoms in total. The van der Waals surface area contributed by atoms with Crippen molar-refractivity contribution in [3.63, 3.8) is 0 Å². The van der Waals surface area contributed by atoms with E-state index in [-0.39, 0.29) is 5.41 Å². The lowest BCUT2D eigenvalue weighted by Crippen LogP contribution is -2.29. The van der Waals surface area contributed by atoms with Gasteiger partial charge in [0.15, 0.2) is 0 Å². The summed E-state index contributed by atoms with van der Waals surface area (Å²) in [7, 11) is 0. The molecule has 2 atom stereocenters. The fourth-order valence-electron chi connectivity index (χ4n) is 4.25. The smallest absolute Gasteiger partial charge is 0.150 e. The van der Waals surface area contributed by atoms with E-state index < -0.39 is 0 Å². The van der Waals surface area contributed by atoms with E-state index in [1.807, 2.05) is 25.1 Å². The van der Waals surface area contributed by atoms with Crippen LogP contribution in [0.25, 0.3) is 5.57 Å². The van der Waals surface area contributed by atoms with Gasteiger partial charge in [0.1, 0.15) is 12.0 Å². The average molecular weight is 381 g/mol. The van der Waals surface area contributed by atoms with Crippen LogP contribution in [0.2, 0.25) is 0 Å². The van der Waals surface area contributed by atoms with Gasteiger partial charge in [0.2, 0.25) is 0 Å². The van der Waals surface area contributed by atoms with E-state index in [1.54, 1.807) is 0 Å². The van der Waals surface area contributed by atoms with Gasteiger partial charge in [-0.3, -0.25) is 4.79 Å². The molecule has 28 heavy (non-hydrogen) atoms. The van der Waals surface area contributed by atoms with Crippen LogP contribution in [0.4, 0.5) is 0 Å². The average Bonchev–Trinajstić information content (AvgIpc) is 2.81. The minimum Gasteiger partial charge on any atom is -0.493 e. The van der Waals surface area contributed by atoms with Crippen molar-refractivity contribution in [2.75, 3.05) is 6.61 Å². The zero-order valence-corrected chi connectivity index (χ0v) is 18.6. The standard InChI is InChI=1S/C26H36O2/c1-8-14-26(7,18(3)4)24-13-11-22(15-19(5)20(24)6)23-12-10-21(17-27)16-25(23)28-9-2/h10-13,15-18,20H,8-9,14H2,1-7H3. The number of ether oxygens (including phenoxy) is 1. The van der Waals surface area contributed by atoms with Gasteiger partial charge in [0, 0.05) is 11.1 Å². The molecule has 0 aliphatic heterocycles. The maximum absolute atomic E-state index is 11.2. The Bertz CT molecular complexity index is 795. The molecule has 1 aliphatic rings. The molecule has 152 valence electrons. The lowest BCUT2D eigenvalue weighted by atomic mass is 9.65. The molecule has 1 aromatic carbocycles. The number of hydrogen-bond donors (Lipinski definition) is 0. The van der Waals surface area contributed by atoms with Crippen LogP contribution in [0.5, 0.6) is 5.75 Å². The minimum atomic E-state index is 0.180. The Morgan fingerprint density at radius 2 is 1.93 bits per heavy atom. The summed E-state index contributed by atoms with van der Waals surface area (Å²) in [6, 6.07) is 5.70. The predicted octanol–water partition coefficient (Wildman–Crippen LogP) is 7.27. The van der Waals surface area contributed by atoms with E-state index in [1.165, 1.54) is 24.0 Å². The third kappa shape index (κ3) is 4.48. The van der Waals surface area contributed by atoms with Gasteiger partial charge in [0.25, 0.3) is 0 Å². The second-order valence-electron chi connectivity index (χ2n) is 8.48. The number of benzene rings is 1. The molecule has 0 fully saturated rings. The third-order valence-corrected chi connectivity index (χ3v) is 6.43. The SMILES string of the molecule is CCCC(C)(C1=CC=C(c2ccc(C=O)cc2OCC)C=C(C)C1C)C(C)C. The second kappa shape index (κ2) is 9.41. The van der Waals surface area contributed by atoms with Crippen molar-refractivity contribution in [2.24, 2.45) is 17.3 Å². The van der Waals surface area contributed by atoms with Crippen molar-refractivity contribution in [1.29, 1.82) is 0 Å².